The van der Waals surface area contributed by atoms with Gasteiger partial charge in [-0.25, -0.2) is 0 Å². The summed E-state index contributed by atoms with van der Waals surface area (Å²) < 4.78 is 5.31. The SMILES string of the molecule is COc1ccc(Cl)cc1C(O)c1nccc2ccccc12. The Labute approximate surface area is 127 Å². The maximum absolute atomic E-state index is 10.7. The van der Waals surface area contributed by atoms with Crippen LogP contribution in [-0.2, 0) is 0 Å². The van der Waals surface area contributed by atoms with Gasteiger partial charge in [0.2, 0.25) is 0 Å². The van der Waals surface area contributed by atoms with E-state index in [2.05, 4.69) is 4.98 Å². The number of aromatic nitrogens is 1. The summed E-state index contributed by atoms with van der Waals surface area (Å²) in [6.07, 6.45) is 0.794. The lowest BCUT2D eigenvalue weighted by Crippen LogP contribution is -2.05. The van der Waals surface area contributed by atoms with Crippen molar-refractivity contribution in [2.45, 2.75) is 6.10 Å². The molecule has 0 amide bonds. The summed E-state index contributed by atoms with van der Waals surface area (Å²) in [6, 6.07) is 14.9. The second-order valence-corrected chi connectivity index (χ2v) is 5.14. The number of nitrogens with zero attached hydrogens (tertiary/aromatic N) is 1. The number of aliphatic hydroxyl groups is 1. The van der Waals surface area contributed by atoms with E-state index in [1.165, 1.54) is 0 Å². The topological polar surface area (TPSA) is 42.4 Å². The molecule has 1 N–H and O–H groups in total. The van der Waals surface area contributed by atoms with Crippen LogP contribution in [0.5, 0.6) is 5.75 Å². The molecule has 3 rings (SSSR count). The predicted octanol–water partition coefficient (Wildman–Crippen LogP) is 3.98. The Morgan fingerprint density at radius 2 is 1.95 bits per heavy atom. The summed E-state index contributed by atoms with van der Waals surface area (Å²) in [5, 5.41) is 13.2. The molecule has 0 fully saturated rings. The van der Waals surface area contributed by atoms with Gasteiger partial charge in [0.25, 0.3) is 0 Å². The molecule has 106 valence electrons. The van der Waals surface area contributed by atoms with Gasteiger partial charge in [-0.3, -0.25) is 4.98 Å². The van der Waals surface area contributed by atoms with Crippen molar-refractivity contribution in [3.05, 3.63) is 71.0 Å². The van der Waals surface area contributed by atoms with E-state index in [9.17, 15) is 5.11 Å². The Morgan fingerprint density at radius 1 is 1.14 bits per heavy atom. The van der Waals surface area contributed by atoms with Gasteiger partial charge in [-0.2, -0.15) is 0 Å². The fourth-order valence-corrected chi connectivity index (χ4v) is 2.61. The van der Waals surface area contributed by atoms with Crippen molar-refractivity contribution in [3.63, 3.8) is 0 Å². The molecular formula is C17H14ClNO2. The smallest absolute Gasteiger partial charge is 0.125 e. The number of benzene rings is 2. The van der Waals surface area contributed by atoms with Gasteiger partial charge >= 0.3 is 0 Å². The van der Waals surface area contributed by atoms with Gasteiger partial charge in [0, 0.05) is 22.2 Å². The lowest BCUT2D eigenvalue weighted by molar-refractivity contribution is 0.211. The van der Waals surface area contributed by atoms with E-state index in [-0.39, 0.29) is 0 Å². The number of hydrogen-bond donors (Lipinski definition) is 1. The molecule has 1 aromatic heterocycles. The molecule has 0 radical (unpaired) electrons. The molecule has 0 aliphatic carbocycles. The van der Waals surface area contributed by atoms with Gasteiger partial charge in [0.1, 0.15) is 11.9 Å². The highest BCUT2D eigenvalue weighted by Gasteiger charge is 2.19. The van der Waals surface area contributed by atoms with Gasteiger partial charge < -0.3 is 9.84 Å². The van der Waals surface area contributed by atoms with Crippen LogP contribution in [0.2, 0.25) is 5.02 Å². The lowest BCUT2D eigenvalue weighted by atomic mass is 10.0. The Bertz CT molecular complexity index is 783. The van der Waals surface area contributed by atoms with E-state index in [0.29, 0.717) is 22.0 Å². The summed E-state index contributed by atoms with van der Waals surface area (Å²) in [6.45, 7) is 0. The lowest BCUT2D eigenvalue weighted by Gasteiger charge is -2.16. The zero-order valence-electron chi connectivity index (χ0n) is 11.5. The zero-order chi connectivity index (χ0) is 14.8. The van der Waals surface area contributed by atoms with Crippen molar-refractivity contribution in [1.29, 1.82) is 0 Å². The zero-order valence-corrected chi connectivity index (χ0v) is 12.2. The maximum atomic E-state index is 10.7. The Morgan fingerprint density at radius 3 is 2.76 bits per heavy atom. The molecular weight excluding hydrogens is 286 g/mol. The number of methoxy groups -OCH3 is 1. The predicted molar refractivity (Wildman–Crippen MR) is 83.8 cm³/mol. The molecule has 1 heterocycles. The molecule has 0 aliphatic rings. The van der Waals surface area contributed by atoms with Gasteiger partial charge in [-0.15, -0.1) is 0 Å². The Balaban J connectivity index is 2.17. The molecule has 21 heavy (non-hydrogen) atoms. The van der Waals surface area contributed by atoms with E-state index in [4.69, 9.17) is 16.3 Å². The van der Waals surface area contributed by atoms with Gasteiger partial charge in [-0.05, 0) is 29.7 Å². The Kier molecular flexibility index (Phi) is 3.78. The summed E-state index contributed by atoms with van der Waals surface area (Å²) in [5.41, 5.74) is 1.20. The number of rotatable bonds is 3. The molecule has 1 unspecified atom stereocenters. The first-order valence-corrected chi connectivity index (χ1v) is 6.93. The molecule has 0 saturated heterocycles. The average Bonchev–Trinajstić information content (AvgIpc) is 2.53. The first-order chi connectivity index (χ1) is 10.2. The highest BCUT2D eigenvalue weighted by atomic mass is 35.5. The molecule has 0 saturated carbocycles. The number of fused-ring (bicyclic) bond motifs is 1. The third-order valence-electron chi connectivity index (χ3n) is 3.45. The largest absolute Gasteiger partial charge is 0.496 e. The number of ether oxygens (including phenoxy) is 1. The number of hydrogen-bond acceptors (Lipinski definition) is 3. The standard InChI is InChI=1S/C17H14ClNO2/c1-21-15-7-6-12(18)10-14(15)17(20)16-13-5-3-2-4-11(13)8-9-19-16/h2-10,17,20H,1H3. The van der Waals surface area contributed by atoms with Crippen LogP contribution in [-0.4, -0.2) is 17.2 Å². The summed E-state index contributed by atoms with van der Waals surface area (Å²) in [7, 11) is 1.57. The van der Waals surface area contributed by atoms with Crippen molar-refractivity contribution in [1.82, 2.24) is 4.98 Å². The quantitative estimate of drug-likeness (QED) is 0.795. The number of pyridine rings is 1. The fourth-order valence-electron chi connectivity index (χ4n) is 2.43. The van der Waals surface area contributed by atoms with Crippen molar-refractivity contribution >= 4 is 22.4 Å². The second kappa shape index (κ2) is 5.72. The maximum Gasteiger partial charge on any atom is 0.125 e. The third kappa shape index (κ3) is 2.58. The summed E-state index contributed by atoms with van der Waals surface area (Å²) in [4.78, 5) is 4.34. The summed E-state index contributed by atoms with van der Waals surface area (Å²) >= 11 is 6.04. The third-order valence-corrected chi connectivity index (χ3v) is 3.68. The van der Waals surface area contributed by atoms with Gasteiger partial charge in [0.15, 0.2) is 0 Å². The minimum Gasteiger partial charge on any atom is -0.496 e. The minimum atomic E-state index is -0.898. The van der Waals surface area contributed by atoms with Crippen LogP contribution < -0.4 is 4.74 Å². The summed E-state index contributed by atoms with van der Waals surface area (Å²) in [5.74, 6) is 0.585. The molecule has 2 aromatic carbocycles. The first kappa shape index (κ1) is 13.9. The van der Waals surface area contributed by atoms with E-state index in [1.807, 2.05) is 30.3 Å². The monoisotopic (exact) mass is 299 g/mol. The van der Waals surface area contributed by atoms with Gasteiger partial charge in [0.05, 0.1) is 12.8 Å². The fraction of sp³-hybridized carbons (Fsp3) is 0.118. The number of aliphatic hydroxyl groups excluding tert-OH is 1. The molecule has 0 aliphatic heterocycles. The normalized spacial score (nSPS) is 12.3. The van der Waals surface area contributed by atoms with Crippen molar-refractivity contribution < 1.29 is 9.84 Å². The highest BCUT2D eigenvalue weighted by molar-refractivity contribution is 6.30. The van der Waals surface area contributed by atoms with Crippen LogP contribution >= 0.6 is 11.6 Å². The van der Waals surface area contributed by atoms with Crippen LogP contribution in [0, 0.1) is 0 Å². The van der Waals surface area contributed by atoms with Crippen LogP contribution in [0.4, 0.5) is 0 Å². The van der Waals surface area contributed by atoms with E-state index in [1.54, 1.807) is 31.5 Å². The minimum absolute atomic E-state index is 0.546. The van der Waals surface area contributed by atoms with Gasteiger partial charge in [-0.1, -0.05) is 35.9 Å². The van der Waals surface area contributed by atoms with E-state index < -0.39 is 6.10 Å². The second-order valence-electron chi connectivity index (χ2n) is 4.71. The number of halogens is 1. The molecule has 0 spiro atoms. The molecule has 3 aromatic rings. The van der Waals surface area contributed by atoms with E-state index in [0.717, 1.165) is 10.8 Å². The molecule has 1 atom stereocenters. The van der Waals surface area contributed by atoms with Crippen LogP contribution in [0.15, 0.2) is 54.7 Å². The van der Waals surface area contributed by atoms with Crippen LogP contribution in [0.25, 0.3) is 10.8 Å². The first-order valence-electron chi connectivity index (χ1n) is 6.56. The van der Waals surface area contributed by atoms with E-state index >= 15 is 0 Å². The van der Waals surface area contributed by atoms with Crippen LogP contribution in [0.3, 0.4) is 0 Å². The average molecular weight is 300 g/mol. The van der Waals surface area contributed by atoms with Crippen molar-refractivity contribution in [2.24, 2.45) is 0 Å². The highest BCUT2D eigenvalue weighted by Crippen LogP contribution is 2.34. The van der Waals surface area contributed by atoms with Crippen LogP contribution in [0.1, 0.15) is 17.4 Å². The molecule has 4 heteroatoms. The van der Waals surface area contributed by atoms with Crippen molar-refractivity contribution in [2.75, 3.05) is 7.11 Å². The van der Waals surface area contributed by atoms with Crippen molar-refractivity contribution in [3.8, 4) is 5.75 Å². The molecule has 0 bridgehead atoms. The Hall–Kier alpha value is -2.10. The molecule has 3 nitrogen and oxygen atoms in total.